The quantitative estimate of drug-likeness (QED) is 0.0216. The van der Waals surface area contributed by atoms with Gasteiger partial charge in [-0.2, -0.15) is 0 Å². The minimum absolute atomic E-state index is 0.0110. The zero-order valence-corrected chi connectivity index (χ0v) is 43.9. The summed E-state index contributed by atoms with van der Waals surface area (Å²) >= 11 is 27.9. The van der Waals surface area contributed by atoms with Crippen LogP contribution in [0.5, 0.6) is 0 Å². The smallest absolute Gasteiger partial charge is 0.341 e. The van der Waals surface area contributed by atoms with Crippen molar-refractivity contribution in [1.82, 2.24) is 0 Å². The summed E-state index contributed by atoms with van der Waals surface area (Å²) in [5.74, 6) is -0.632. The molecule has 0 atom stereocenters. The van der Waals surface area contributed by atoms with Crippen LogP contribution in [0.1, 0.15) is 169 Å². The summed E-state index contributed by atoms with van der Waals surface area (Å²) in [6, 6.07) is 38.1. The first kappa shape index (κ1) is 53.2. The molecule has 0 bridgehead atoms. The minimum Gasteiger partial charge on any atom is -0.442 e. The van der Waals surface area contributed by atoms with Gasteiger partial charge in [-0.05, 0) is 95.5 Å². The van der Waals surface area contributed by atoms with Gasteiger partial charge < -0.3 is 14.5 Å². The summed E-state index contributed by atoms with van der Waals surface area (Å²) in [6.45, 7) is 13.1. The largest absolute Gasteiger partial charge is 0.442 e. The molecule has 362 valence electrons. The average Bonchev–Trinajstić information content (AvgIpc) is 3.66. The number of unbranched alkanes of at least 4 members (excludes halogenated alkanes) is 12. The molecule has 0 aliphatic carbocycles. The Morgan fingerprint density at radius 3 is 1.13 bits per heavy atom. The topological polar surface area (TPSA) is 32.8 Å². The summed E-state index contributed by atoms with van der Waals surface area (Å²) in [4.78, 5) is 19.5. The van der Waals surface area contributed by atoms with Crippen LogP contribution in [-0.2, 0) is 10.3 Å². The van der Waals surface area contributed by atoms with Gasteiger partial charge in [-0.3, -0.25) is 0 Å². The predicted octanol–water partition coefficient (Wildman–Crippen LogP) is 18.9. The molecule has 0 N–H and O–H groups in total. The molecule has 6 rings (SSSR count). The van der Waals surface area contributed by atoms with E-state index in [0.29, 0.717) is 5.56 Å². The molecule has 1 heterocycles. The second-order valence-corrected chi connectivity index (χ2v) is 19.9. The van der Waals surface area contributed by atoms with Crippen molar-refractivity contribution in [2.24, 2.45) is 0 Å². The molecule has 0 radical (unpaired) electrons. The number of benzene rings is 5. The Kier molecular flexibility index (Phi) is 21.3. The Hall–Kier alpha value is -4.19. The first-order valence-corrected chi connectivity index (χ1v) is 27.0. The molecule has 5 aromatic carbocycles. The van der Waals surface area contributed by atoms with Crippen molar-refractivity contribution >= 4 is 74.9 Å². The van der Waals surface area contributed by atoms with Crippen LogP contribution in [-0.4, -0.2) is 32.1 Å². The van der Waals surface area contributed by atoms with Gasteiger partial charge in [0.05, 0.1) is 25.7 Å². The zero-order chi connectivity index (χ0) is 48.3. The molecular formula is C60H72Cl4N2O2. The van der Waals surface area contributed by atoms with Gasteiger partial charge in [-0.15, -0.1) is 0 Å². The van der Waals surface area contributed by atoms with Crippen LogP contribution in [0, 0.1) is 0 Å². The number of carbonyl (C=O) groups excluding carboxylic acids is 1. The summed E-state index contributed by atoms with van der Waals surface area (Å²) < 4.78 is 6.72. The van der Waals surface area contributed by atoms with Crippen LogP contribution < -0.4 is 9.80 Å². The molecule has 0 fully saturated rings. The maximum absolute atomic E-state index is 14.4. The Morgan fingerprint density at radius 2 is 0.779 bits per heavy atom. The van der Waals surface area contributed by atoms with Crippen molar-refractivity contribution in [3.63, 3.8) is 0 Å². The maximum atomic E-state index is 14.4. The SMILES string of the molecule is CCCCCCN(CCCCCC)c1ccc(C(=CC2(C=C(c3ccccc3)c3ccc(N(CCCCCC)CCCCCC)cc3)OC(=O)c3c(Cl)c(Cl)c(Cl)c(Cl)c32)c2ccccc2)cc1. The number of nitrogens with zero attached hydrogens (tertiary/aromatic N) is 2. The van der Waals surface area contributed by atoms with Crippen molar-refractivity contribution in [2.75, 3.05) is 36.0 Å². The normalized spacial score (nSPS) is 14.9. The molecule has 0 saturated carbocycles. The summed E-state index contributed by atoms with van der Waals surface area (Å²) in [6.07, 6.45) is 23.4. The summed E-state index contributed by atoms with van der Waals surface area (Å²) in [7, 11) is 0. The van der Waals surface area contributed by atoms with Crippen LogP contribution in [0.2, 0.25) is 20.1 Å². The highest BCUT2D eigenvalue weighted by atomic mass is 35.5. The van der Waals surface area contributed by atoms with Crippen LogP contribution in [0.4, 0.5) is 11.4 Å². The third-order valence-electron chi connectivity index (χ3n) is 13.2. The number of ether oxygens (including phenoxy) is 1. The van der Waals surface area contributed by atoms with E-state index >= 15 is 0 Å². The van der Waals surface area contributed by atoms with E-state index in [-0.39, 0.29) is 25.7 Å². The zero-order valence-electron chi connectivity index (χ0n) is 40.9. The number of cyclic esters (lactones) is 1. The van der Waals surface area contributed by atoms with Crippen LogP contribution >= 0.6 is 46.4 Å². The van der Waals surface area contributed by atoms with Gasteiger partial charge in [0, 0.05) is 43.1 Å². The molecule has 4 nitrogen and oxygen atoms in total. The number of halogens is 4. The molecule has 1 aliphatic rings. The highest BCUT2D eigenvalue weighted by molar-refractivity contribution is 6.53. The van der Waals surface area contributed by atoms with Gasteiger partial charge in [-0.25, -0.2) is 4.79 Å². The number of carbonyl (C=O) groups is 1. The highest BCUT2D eigenvalue weighted by Crippen LogP contribution is 2.53. The van der Waals surface area contributed by atoms with Crippen LogP contribution in [0.25, 0.3) is 11.1 Å². The molecule has 0 spiro atoms. The van der Waals surface area contributed by atoms with Crippen molar-refractivity contribution in [1.29, 1.82) is 0 Å². The van der Waals surface area contributed by atoms with Crippen molar-refractivity contribution in [3.05, 3.63) is 175 Å². The van der Waals surface area contributed by atoms with E-state index in [4.69, 9.17) is 51.1 Å². The van der Waals surface area contributed by atoms with E-state index in [9.17, 15) is 4.79 Å². The Balaban J connectivity index is 1.54. The second kappa shape index (κ2) is 27.3. The van der Waals surface area contributed by atoms with Gasteiger partial charge in [0.2, 0.25) is 0 Å². The molecular weight excluding hydrogens is 922 g/mol. The number of esters is 1. The van der Waals surface area contributed by atoms with Gasteiger partial charge in [-0.1, -0.05) is 236 Å². The van der Waals surface area contributed by atoms with E-state index in [1.54, 1.807) is 0 Å². The number of rotatable bonds is 28. The first-order valence-electron chi connectivity index (χ1n) is 25.5. The minimum atomic E-state index is -1.58. The van der Waals surface area contributed by atoms with Crippen molar-refractivity contribution in [2.45, 2.75) is 136 Å². The fraction of sp³-hybridized carbons (Fsp3) is 0.417. The Morgan fingerprint density at radius 1 is 0.441 bits per heavy atom. The lowest BCUT2D eigenvalue weighted by molar-refractivity contribution is 0.0300. The van der Waals surface area contributed by atoms with E-state index in [1.165, 1.54) is 88.4 Å². The van der Waals surface area contributed by atoms with Crippen molar-refractivity contribution < 1.29 is 9.53 Å². The summed E-state index contributed by atoms with van der Waals surface area (Å²) in [5.41, 5.74) is 6.80. The predicted molar refractivity (Wildman–Crippen MR) is 294 cm³/mol. The standard InChI is InChI=1S/C60H72Cl4N2O2/c1-5-9-13-23-39-65(40-24-14-10-6-2)49-35-31-47(32-36-49)51(45-27-19-17-20-28-45)43-60(54-53(59(67)68-60)55(61)57(63)58(64)56(54)62)44-52(46-29-21-18-22-30-46)48-33-37-50(38-34-48)66(41-25-15-11-7-3)42-26-16-12-8-4/h17-22,27-38,43-44H,5-16,23-26,39-42H2,1-4H3. The Bertz CT molecular complexity index is 2250. The van der Waals surface area contributed by atoms with Crippen LogP contribution in [0.15, 0.2) is 121 Å². The molecule has 1 aliphatic heterocycles. The molecule has 8 heteroatoms. The second-order valence-electron chi connectivity index (χ2n) is 18.3. The summed E-state index contributed by atoms with van der Waals surface area (Å²) in [5, 5.41) is 0.201. The molecule has 0 unspecified atom stereocenters. The number of anilines is 2. The third-order valence-corrected chi connectivity index (χ3v) is 15.0. The van der Waals surface area contributed by atoms with Crippen LogP contribution in [0.3, 0.4) is 0 Å². The van der Waals surface area contributed by atoms with E-state index in [0.717, 1.165) is 85.3 Å². The van der Waals surface area contributed by atoms with E-state index in [1.807, 2.05) is 48.6 Å². The van der Waals surface area contributed by atoms with Gasteiger partial charge >= 0.3 is 5.97 Å². The highest BCUT2D eigenvalue weighted by Gasteiger charge is 2.48. The van der Waals surface area contributed by atoms with Gasteiger partial charge in [0.25, 0.3) is 0 Å². The van der Waals surface area contributed by atoms with Gasteiger partial charge in [0.1, 0.15) is 0 Å². The molecule has 68 heavy (non-hydrogen) atoms. The van der Waals surface area contributed by atoms with E-state index < -0.39 is 11.6 Å². The number of fused-ring (bicyclic) bond motifs is 1. The van der Waals surface area contributed by atoms with E-state index in [2.05, 4.69) is 110 Å². The molecule has 0 aromatic heterocycles. The average molecular weight is 995 g/mol. The van der Waals surface area contributed by atoms with Gasteiger partial charge in [0.15, 0.2) is 5.60 Å². The van der Waals surface area contributed by atoms with Crippen molar-refractivity contribution in [3.8, 4) is 0 Å². The Labute approximate surface area is 428 Å². The monoisotopic (exact) mass is 992 g/mol. The fourth-order valence-electron chi connectivity index (χ4n) is 9.38. The first-order chi connectivity index (χ1) is 33.2. The molecule has 0 saturated heterocycles. The maximum Gasteiger partial charge on any atom is 0.341 e. The lowest BCUT2D eigenvalue weighted by Crippen LogP contribution is -2.26. The number of hydrogen-bond acceptors (Lipinski definition) is 4. The lowest BCUT2D eigenvalue weighted by atomic mass is 9.83. The fourth-order valence-corrected chi connectivity index (χ4v) is 10.5. The molecule has 5 aromatic rings. The third kappa shape index (κ3) is 13.8. The number of hydrogen-bond donors (Lipinski definition) is 0. The lowest BCUT2D eigenvalue weighted by Gasteiger charge is -2.28. The molecule has 0 amide bonds.